The molecular weight excluding hydrogens is 254 g/mol. The number of H-pyrrole nitrogens is 1. The normalized spacial score (nSPS) is 28.9. The van der Waals surface area contributed by atoms with E-state index < -0.39 is 0 Å². The molecule has 3 nitrogen and oxygen atoms in total. The van der Waals surface area contributed by atoms with E-state index in [0.29, 0.717) is 6.04 Å². The Morgan fingerprint density at radius 3 is 2.68 bits per heavy atom. The van der Waals surface area contributed by atoms with Crippen LogP contribution in [0.15, 0.2) is 30.3 Å². The van der Waals surface area contributed by atoms with Crippen molar-refractivity contribution in [2.75, 3.05) is 0 Å². The molecule has 0 saturated heterocycles. The molecule has 0 amide bonds. The van der Waals surface area contributed by atoms with Gasteiger partial charge in [-0.25, -0.2) is 0 Å². The number of hydrogen-bond donors (Lipinski definition) is 1. The molecule has 2 aromatic rings. The predicted octanol–water partition coefficient (Wildman–Crippen LogP) is 3.97. The molecule has 1 aromatic carbocycles. The fourth-order valence-corrected chi connectivity index (χ4v) is 4.20. The molecule has 98 valence electrons. The zero-order chi connectivity index (χ0) is 12.8. The first-order valence-corrected chi connectivity index (χ1v) is 7.46. The number of nitrogens with one attached hydrogen (secondary N) is 1. The van der Waals surface area contributed by atoms with E-state index in [0.717, 1.165) is 28.0 Å². The predicted molar refractivity (Wildman–Crippen MR) is 77.3 cm³/mol. The molecule has 2 aliphatic carbocycles. The van der Waals surface area contributed by atoms with E-state index in [-0.39, 0.29) is 0 Å². The van der Waals surface area contributed by atoms with Crippen LogP contribution in [0, 0.1) is 16.6 Å². The van der Waals surface area contributed by atoms with Crippen LogP contribution in [0.3, 0.4) is 0 Å². The molecule has 3 atom stereocenters. The number of nitrogens with zero attached hydrogens (tertiary/aromatic N) is 2. The first-order valence-electron chi connectivity index (χ1n) is 7.05. The van der Waals surface area contributed by atoms with Gasteiger partial charge >= 0.3 is 0 Å². The molecule has 2 aliphatic rings. The van der Waals surface area contributed by atoms with Gasteiger partial charge in [-0.2, -0.15) is 5.10 Å². The number of hydrogen-bond acceptors (Lipinski definition) is 2. The summed E-state index contributed by atoms with van der Waals surface area (Å²) in [7, 11) is 0. The Morgan fingerprint density at radius 1 is 1.16 bits per heavy atom. The maximum Gasteiger partial charge on any atom is 0.195 e. The fourth-order valence-electron chi connectivity index (χ4n) is 3.93. The van der Waals surface area contributed by atoms with Crippen LogP contribution in [0.5, 0.6) is 0 Å². The number of aromatic amines is 1. The molecule has 4 rings (SSSR count). The van der Waals surface area contributed by atoms with Gasteiger partial charge in [-0.05, 0) is 43.3 Å². The van der Waals surface area contributed by atoms with Crippen molar-refractivity contribution in [3.8, 4) is 11.4 Å². The van der Waals surface area contributed by atoms with Gasteiger partial charge in [0.05, 0.1) is 0 Å². The van der Waals surface area contributed by atoms with Gasteiger partial charge in [-0.15, -0.1) is 0 Å². The van der Waals surface area contributed by atoms with Crippen molar-refractivity contribution >= 4 is 12.2 Å². The molecule has 2 fully saturated rings. The van der Waals surface area contributed by atoms with E-state index in [4.69, 9.17) is 12.2 Å². The Labute approximate surface area is 117 Å². The molecule has 1 N–H and O–H groups in total. The van der Waals surface area contributed by atoms with Crippen LogP contribution in [-0.2, 0) is 0 Å². The molecule has 2 saturated carbocycles. The van der Waals surface area contributed by atoms with Crippen molar-refractivity contribution in [2.24, 2.45) is 11.8 Å². The lowest BCUT2D eigenvalue weighted by Crippen LogP contribution is -2.17. The second-order valence-electron chi connectivity index (χ2n) is 5.83. The lowest BCUT2D eigenvalue weighted by molar-refractivity contribution is 0.329. The molecule has 1 aromatic heterocycles. The largest absolute Gasteiger partial charge is 0.297 e. The van der Waals surface area contributed by atoms with Crippen LogP contribution < -0.4 is 0 Å². The summed E-state index contributed by atoms with van der Waals surface area (Å²) in [6.07, 6.45) is 5.42. The SMILES string of the molecule is S=c1[nH]nc(-c2ccccc2)n1C1CC2CCC1C2. The minimum Gasteiger partial charge on any atom is -0.297 e. The van der Waals surface area contributed by atoms with Crippen molar-refractivity contribution in [1.82, 2.24) is 14.8 Å². The van der Waals surface area contributed by atoms with Gasteiger partial charge in [0.25, 0.3) is 0 Å². The van der Waals surface area contributed by atoms with Crippen LogP contribution in [0.2, 0.25) is 0 Å². The molecule has 0 radical (unpaired) electrons. The fraction of sp³-hybridized carbons (Fsp3) is 0.467. The van der Waals surface area contributed by atoms with Crippen LogP contribution in [0.25, 0.3) is 11.4 Å². The Hall–Kier alpha value is -1.42. The van der Waals surface area contributed by atoms with Crippen molar-refractivity contribution < 1.29 is 0 Å². The summed E-state index contributed by atoms with van der Waals surface area (Å²) in [5.41, 5.74) is 1.15. The Morgan fingerprint density at radius 2 is 2.00 bits per heavy atom. The van der Waals surface area contributed by atoms with E-state index in [1.54, 1.807) is 0 Å². The summed E-state index contributed by atoms with van der Waals surface area (Å²) in [6, 6.07) is 10.9. The van der Waals surface area contributed by atoms with Crippen molar-refractivity contribution in [2.45, 2.75) is 31.7 Å². The van der Waals surface area contributed by atoms with Crippen molar-refractivity contribution in [3.63, 3.8) is 0 Å². The summed E-state index contributed by atoms with van der Waals surface area (Å²) in [5.74, 6) is 2.72. The third-order valence-corrected chi connectivity index (χ3v) is 5.06. The number of benzene rings is 1. The summed E-state index contributed by atoms with van der Waals surface area (Å²) >= 11 is 5.47. The standard InChI is InChI=1S/C15H17N3S/c19-15-17-16-14(11-4-2-1-3-5-11)18(15)13-9-10-6-7-12(13)8-10/h1-5,10,12-13H,6-9H2,(H,17,19). The summed E-state index contributed by atoms with van der Waals surface area (Å²) in [4.78, 5) is 0. The van der Waals surface area contributed by atoms with Crippen LogP contribution in [0.1, 0.15) is 31.7 Å². The van der Waals surface area contributed by atoms with E-state index in [1.807, 2.05) is 6.07 Å². The highest BCUT2D eigenvalue weighted by Crippen LogP contribution is 2.51. The van der Waals surface area contributed by atoms with Crippen molar-refractivity contribution in [3.05, 3.63) is 35.1 Å². The lowest BCUT2D eigenvalue weighted by atomic mass is 9.95. The van der Waals surface area contributed by atoms with Gasteiger partial charge in [-0.3, -0.25) is 9.67 Å². The number of fused-ring (bicyclic) bond motifs is 2. The third kappa shape index (κ3) is 1.77. The number of rotatable bonds is 2. The summed E-state index contributed by atoms with van der Waals surface area (Å²) < 4.78 is 3.05. The molecule has 2 bridgehead atoms. The quantitative estimate of drug-likeness (QED) is 0.838. The van der Waals surface area contributed by atoms with Crippen LogP contribution >= 0.6 is 12.2 Å². The molecule has 0 aliphatic heterocycles. The first kappa shape index (κ1) is 11.4. The van der Waals surface area contributed by atoms with Gasteiger partial charge in [0.2, 0.25) is 0 Å². The minimum absolute atomic E-state index is 0.556. The van der Waals surface area contributed by atoms with Crippen molar-refractivity contribution in [1.29, 1.82) is 0 Å². The van der Waals surface area contributed by atoms with E-state index in [9.17, 15) is 0 Å². The Bertz CT molecular complexity index is 643. The zero-order valence-electron chi connectivity index (χ0n) is 10.7. The Kier molecular flexibility index (Phi) is 2.58. The smallest absolute Gasteiger partial charge is 0.195 e. The molecular formula is C15H17N3S. The van der Waals surface area contributed by atoms with Crippen LogP contribution in [-0.4, -0.2) is 14.8 Å². The Balaban J connectivity index is 1.80. The van der Waals surface area contributed by atoms with Gasteiger partial charge in [0.1, 0.15) is 0 Å². The van der Waals surface area contributed by atoms with E-state index >= 15 is 0 Å². The first-order chi connectivity index (χ1) is 9.33. The summed E-state index contributed by atoms with van der Waals surface area (Å²) in [5, 5.41) is 7.45. The molecule has 1 heterocycles. The van der Waals surface area contributed by atoms with Gasteiger partial charge in [0, 0.05) is 11.6 Å². The second-order valence-corrected chi connectivity index (χ2v) is 6.22. The maximum absolute atomic E-state index is 5.47. The topological polar surface area (TPSA) is 33.6 Å². The van der Waals surface area contributed by atoms with Gasteiger partial charge < -0.3 is 0 Å². The maximum atomic E-state index is 5.47. The number of aromatic nitrogens is 3. The highest BCUT2D eigenvalue weighted by atomic mass is 32.1. The molecule has 19 heavy (non-hydrogen) atoms. The average Bonchev–Trinajstić information content (AvgIpc) is 3.14. The lowest BCUT2D eigenvalue weighted by Gasteiger charge is -2.24. The highest BCUT2D eigenvalue weighted by molar-refractivity contribution is 7.71. The molecule has 0 spiro atoms. The molecule has 4 heteroatoms. The van der Waals surface area contributed by atoms with E-state index in [2.05, 4.69) is 39.0 Å². The average molecular weight is 271 g/mol. The zero-order valence-corrected chi connectivity index (χ0v) is 11.6. The molecule has 3 unspecified atom stereocenters. The second kappa shape index (κ2) is 4.30. The van der Waals surface area contributed by atoms with Gasteiger partial charge in [0.15, 0.2) is 10.6 Å². The van der Waals surface area contributed by atoms with Crippen LogP contribution in [0.4, 0.5) is 0 Å². The van der Waals surface area contributed by atoms with E-state index in [1.165, 1.54) is 25.7 Å². The summed E-state index contributed by atoms with van der Waals surface area (Å²) in [6.45, 7) is 0. The monoisotopic (exact) mass is 271 g/mol. The minimum atomic E-state index is 0.556. The highest BCUT2D eigenvalue weighted by Gasteiger charge is 2.41. The third-order valence-electron chi connectivity index (χ3n) is 4.77. The van der Waals surface area contributed by atoms with Gasteiger partial charge in [-0.1, -0.05) is 36.8 Å².